The molecule has 76 valence electrons. The lowest BCUT2D eigenvalue weighted by Gasteiger charge is -2.20. The summed E-state index contributed by atoms with van der Waals surface area (Å²) in [6.45, 7) is 0. The van der Waals surface area contributed by atoms with Gasteiger partial charge in [0.2, 0.25) is 0 Å². The van der Waals surface area contributed by atoms with Crippen LogP contribution in [0.15, 0.2) is 6.07 Å². The lowest BCUT2D eigenvalue weighted by atomic mass is 9.86. The average Bonchev–Trinajstić information content (AvgIpc) is 2.67. The Bertz CT molecular complexity index is 302. The van der Waals surface area contributed by atoms with E-state index in [4.69, 9.17) is 0 Å². The number of nitrogens with zero attached hydrogens (tertiary/aromatic N) is 1. The summed E-state index contributed by atoms with van der Waals surface area (Å²) < 4.78 is 4.07. The molecule has 0 unspecified atom stereocenters. The highest BCUT2D eigenvalue weighted by molar-refractivity contribution is 7.05. The van der Waals surface area contributed by atoms with Gasteiger partial charge in [0, 0.05) is 4.88 Å². The third kappa shape index (κ3) is 2.41. The van der Waals surface area contributed by atoms with Crippen LogP contribution in [0.1, 0.15) is 47.5 Å². The second-order valence-corrected chi connectivity index (χ2v) is 4.93. The van der Waals surface area contributed by atoms with E-state index in [1.807, 2.05) is 6.07 Å². The van der Waals surface area contributed by atoms with Gasteiger partial charge in [0.05, 0.1) is 0 Å². The molecule has 0 amide bonds. The minimum atomic E-state index is 0.598. The third-order valence-corrected chi connectivity index (χ3v) is 3.73. The Kier molecular flexibility index (Phi) is 3.30. The fourth-order valence-electron chi connectivity index (χ4n) is 2.16. The quantitative estimate of drug-likeness (QED) is 0.716. The zero-order chi connectivity index (χ0) is 9.80. The van der Waals surface area contributed by atoms with Gasteiger partial charge in [-0.15, -0.1) is 0 Å². The molecule has 14 heavy (non-hydrogen) atoms. The average molecular weight is 209 g/mol. The summed E-state index contributed by atoms with van der Waals surface area (Å²) in [7, 11) is 0. The highest BCUT2D eigenvalue weighted by Crippen LogP contribution is 2.27. The number of hydrogen-bond donors (Lipinski definition) is 0. The van der Waals surface area contributed by atoms with Gasteiger partial charge in [-0.25, -0.2) is 0 Å². The van der Waals surface area contributed by atoms with E-state index >= 15 is 0 Å². The Labute approximate surface area is 88.5 Å². The number of aromatic nitrogens is 1. The molecule has 1 heterocycles. The van der Waals surface area contributed by atoms with Crippen molar-refractivity contribution in [2.75, 3.05) is 0 Å². The first-order chi connectivity index (χ1) is 6.88. The summed E-state index contributed by atoms with van der Waals surface area (Å²) in [6, 6.07) is 1.94. The van der Waals surface area contributed by atoms with Gasteiger partial charge in [0.25, 0.3) is 0 Å². The molecule has 1 aliphatic carbocycles. The van der Waals surface area contributed by atoms with Crippen LogP contribution >= 0.6 is 11.5 Å². The van der Waals surface area contributed by atoms with E-state index in [-0.39, 0.29) is 0 Å². The summed E-state index contributed by atoms with van der Waals surface area (Å²) in [5.74, 6) is 0.837. The molecule has 0 spiro atoms. The van der Waals surface area contributed by atoms with Crippen LogP contribution < -0.4 is 0 Å². The third-order valence-electron chi connectivity index (χ3n) is 2.91. The van der Waals surface area contributed by atoms with Crippen molar-refractivity contribution in [3.8, 4) is 0 Å². The molecule has 0 aromatic carbocycles. The van der Waals surface area contributed by atoms with E-state index in [0.29, 0.717) is 5.69 Å². The number of rotatable bonds is 3. The Morgan fingerprint density at radius 1 is 1.43 bits per heavy atom. The molecule has 1 aromatic heterocycles. The SMILES string of the molecule is O=Cc1cc(CC2CCCCC2)sn1. The van der Waals surface area contributed by atoms with E-state index in [2.05, 4.69) is 4.37 Å². The van der Waals surface area contributed by atoms with Gasteiger partial charge in [-0.1, -0.05) is 32.1 Å². The van der Waals surface area contributed by atoms with Gasteiger partial charge in [-0.3, -0.25) is 4.79 Å². The Morgan fingerprint density at radius 3 is 2.86 bits per heavy atom. The summed E-state index contributed by atoms with van der Waals surface area (Å²) in [5, 5.41) is 0. The first kappa shape index (κ1) is 9.84. The monoisotopic (exact) mass is 209 g/mol. The maximum atomic E-state index is 10.5. The molecule has 0 bridgehead atoms. The van der Waals surface area contributed by atoms with Crippen LogP contribution in [0.25, 0.3) is 0 Å². The lowest BCUT2D eigenvalue weighted by Crippen LogP contribution is -2.08. The highest BCUT2D eigenvalue weighted by Gasteiger charge is 2.15. The molecule has 0 N–H and O–H groups in total. The van der Waals surface area contributed by atoms with Crippen molar-refractivity contribution in [2.45, 2.75) is 38.5 Å². The topological polar surface area (TPSA) is 30.0 Å². The first-order valence-electron chi connectivity index (χ1n) is 5.29. The van der Waals surface area contributed by atoms with Gasteiger partial charge >= 0.3 is 0 Å². The largest absolute Gasteiger partial charge is 0.296 e. The maximum Gasteiger partial charge on any atom is 0.169 e. The summed E-state index contributed by atoms with van der Waals surface area (Å²) in [5.41, 5.74) is 0.598. The van der Waals surface area contributed by atoms with E-state index < -0.39 is 0 Å². The number of aldehydes is 1. The standard InChI is InChI=1S/C11H15NOS/c13-8-10-7-11(14-12-10)6-9-4-2-1-3-5-9/h7-9H,1-6H2. The van der Waals surface area contributed by atoms with Crippen molar-refractivity contribution in [1.29, 1.82) is 0 Å². The first-order valence-corrected chi connectivity index (χ1v) is 6.06. The minimum Gasteiger partial charge on any atom is -0.296 e. The molecule has 1 fully saturated rings. The highest BCUT2D eigenvalue weighted by atomic mass is 32.1. The van der Waals surface area contributed by atoms with Crippen molar-refractivity contribution in [3.63, 3.8) is 0 Å². The summed E-state index contributed by atoms with van der Waals surface area (Å²) in [6.07, 6.45) is 8.84. The molecular formula is C11H15NOS. The molecule has 0 aliphatic heterocycles. The van der Waals surface area contributed by atoms with Crippen LogP contribution in [0.2, 0.25) is 0 Å². The van der Waals surface area contributed by atoms with E-state index in [1.165, 1.54) is 48.5 Å². The van der Waals surface area contributed by atoms with Crippen LogP contribution in [-0.2, 0) is 6.42 Å². The van der Waals surface area contributed by atoms with E-state index in [9.17, 15) is 4.79 Å². The normalized spacial score (nSPS) is 18.3. The number of hydrogen-bond acceptors (Lipinski definition) is 3. The molecule has 2 nitrogen and oxygen atoms in total. The lowest BCUT2D eigenvalue weighted by molar-refractivity contribution is 0.112. The molecule has 1 aromatic rings. The van der Waals surface area contributed by atoms with Crippen LogP contribution in [0, 0.1) is 5.92 Å². The number of carbonyl (C=O) groups excluding carboxylic acids is 1. The van der Waals surface area contributed by atoms with Crippen LogP contribution in [0.5, 0.6) is 0 Å². The summed E-state index contributed by atoms with van der Waals surface area (Å²) in [4.78, 5) is 11.7. The zero-order valence-electron chi connectivity index (χ0n) is 8.24. The molecule has 0 saturated heterocycles. The predicted molar refractivity (Wildman–Crippen MR) is 57.8 cm³/mol. The fourth-order valence-corrected chi connectivity index (χ4v) is 2.96. The molecular weight excluding hydrogens is 194 g/mol. The summed E-state index contributed by atoms with van der Waals surface area (Å²) >= 11 is 1.49. The van der Waals surface area contributed by atoms with E-state index in [0.717, 1.165) is 18.6 Å². The maximum absolute atomic E-state index is 10.5. The number of carbonyl (C=O) groups is 1. The predicted octanol–water partition coefficient (Wildman–Crippen LogP) is 3.08. The molecule has 0 radical (unpaired) electrons. The fraction of sp³-hybridized carbons (Fsp3) is 0.636. The van der Waals surface area contributed by atoms with Gasteiger partial charge in [0.15, 0.2) is 6.29 Å². The molecule has 1 saturated carbocycles. The van der Waals surface area contributed by atoms with Crippen LogP contribution in [0.3, 0.4) is 0 Å². The minimum absolute atomic E-state index is 0.598. The van der Waals surface area contributed by atoms with Crippen molar-refractivity contribution in [3.05, 3.63) is 16.6 Å². The van der Waals surface area contributed by atoms with Gasteiger partial charge < -0.3 is 0 Å². The van der Waals surface area contributed by atoms with Gasteiger partial charge in [0.1, 0.15) is 5.69 Å². The smallest absolute Gasteiger partial charge is 0.169 e. The van der Waals surface area contributed by atoms with Crippen LogP contribution in [0.4, 0.5) is 0 Å². The molecule has 0 atom stereocenters. The van der Waals surface area contributed by atoms with E-state index in [1.54, 1.807) is 0 Å². The Morgan fingerprint density at radius 2 is 2.21 bits per heavy atom. The van der Waals surface area contributed by atoms with Gasteiger partial charge in [-0.05, 0) is 29.9 Å². The Balaban J connectivity index is 1.92. The second-order valence-electron chi connectivity index (χ2n) is 4.04. The van der Waals surface area contributed by atoms with Crippen molar-refractivity contribution in [1.82, 2.24) is 4.37 Å². The van der Waals surface area contributed by atoms with Crippen molar-refractivity contribution in [2.24, 2.45) is 5.92 Å². The van der Waals surface area contributed by atoms with Crippen LogP contribution in [-0.4, -0.2) is 10.7 Å². The molecule has 1 aliphatic rings. The van der Waals surface area contributed by atoms with Crippen molar-refractivity contribution < 1.29 is 4.79 Å². The van der Waals surface area contributed by atoms with Crippen molar-refractivity contribution >= 4 is 17.8 Å². The molecule has 3 heteroatoms. The second kappa shape index (κ2) is 4.69. The Hall–Kier alpha value is -0.700. The zero-order valence-corrected chi connectivity index (χ0v) is 9.05. The molecule has 2 rings (SSSR count). The van der Waals surface area contributed by atoms with Gasteiger partial charge in [-0.2, -0.15) is 4.37 Å².